The van der Waals surface area contributed by atoms with Gasteiger partial charge in [0.25, 0.3) is 0 Å². The van der Waals surface area contributed by atoms with Gasteiger partial charge in [0.15, 0.2) is 0 Å². The lowest BCUT2D eigenvalue weighted by molar-refractivity contribution is 0.0126. The van der Waals surface area contributed by atoms with Crippen molar-refractivity contribution in [3.05, 3.63) is 42.4 Å². The van der Waals surface area contributed by atoms with E-state index in [9.17, 15) is 10.4 Å². The molecule has 0 saturated carbocycles. The van der Waals surface area contributed by atoms with E-state index in [0.29, 0.717) is 35.5 Å². The minimum absolute atomic E-state index is 0.134. The Bertz CT molecular complexity index is 1250. The summed E-state index contributed by atoms with van der Waals surface area (Å²) >= 11 is 0. The third-order valence-corrected chi connectivity index (χ3v) is 6.30. The van der Waals surface area contributed by atoms with Crippen molar-refractivity contribution in [1.29, 1.82) is 5.26 Å². The lowest BCUT2D eigenvalue weighted by Gasteiger charge is -2.56. The second kappa shape index (κ2) is 8.08. The van der Waals surface area contributed by atoms with E-state index in [-0.39, 0.29) is 6.61 Å². The van der Waals surface area contributed by atoms with Gasteiger partial charge in [-0.25, -0.2) is 9.50 Å². The van der Waals surface area contributed by atoms with Crippen molar-refractivity contribution in [2.75, 3.05) is 31.1 Å². The maximum Gasteiger partial charge on any atom is 0.138 e. The van der Waals surface area contributed by atoms with Gasteiger partial charge in [0.1, 0.15) is 24.2 Å². The van der Waals surface area contributed by atoms with Crippen LogP contribution in [0.25, 0.3) is 16.6 Å². The van der Waals surface area contributed by atoms with Gasteiger partial charge < -0.3 is 14.7 Å². The highest BCUT2D eigenvalue weighted by atomic mass is 16.5. The van der Waals surface area contributed by atoms with Crippen LogP contribution in [0.3, 0.4) is 0 Å². The number of aromatic nitrogens is 3. The number of piperazine rings is 1. The van der Waals surface area contributed by atoms with Crippen LogP contribution in [0.5, 0.6) is 5.75 Å². The summed E-state index contributed by atoms with van der Waals surface area (Å²) < 4.78 is 7.45. The number of nitrogens with zero attached hydrogens (tertiary/aromatic N) is 6. The first-order chi connectivity index (χ1) is 15.9. The van der Waals surface area contributed by atoms with Gasteiger partial charge in [-0.1, -0.05) is 5.92 Å². The van der Waals surface area contributed by atoms with Gasteiger partial charge in [0.2, 0.25) is 0 Å². The van der Waals surface area contributed by atoms with Gasteiger partial charge in [0, 0.05) is 42.5 Å². The van der Waals surface area contributed by atoms with Crippen LogP contribution in [-0.4, -0.2) is 68.5 Å². The van der Waals surface area contributed by atoms with Crippen LogP contribution in [-0.2, 0) is 0 Å². The van der Waals surface area contributed by atoms with Gasteiger partial charge in [-0.05, 0) is 38.5 Å². The molecule has 3 fully saturated rings. The van der Waals surface area contributed by atoms with Gasteiger partial charge in [0.05, 0.1) is 35.6 Å². The van der Waals surface area contributed by atoms with Gasteiger partial charge in [-0.2, -0.15) is 10.4 Å². The largest absolute Gasteiger partial charge is 0.489 e. The fraction of sp³-hybridized carbons (Fsp3) is 0.400. The molecular weight excluding hydrogens is 416 g/mol. The average molecular weight is 443 g/mol. The van der Waals surface area contributed by atoms with E-state index in [1.54, 1.807) is 30.8 Å². The van der Waals surface area contributed by atoms with Crippen molar-refractivity contribution in [3.8, 4) is 35.3 Å². The number of pyridine rings is 2. The van der Waals surface area contributed by atoms with E-state index in [1.807, 2.05) is 24.4 Å². The number of rotatable bonds is 6. The highest BCUT2D eigenvalue weighted by molar-refractivity contribution is 5.85. The van der Waals surface area contributed by atoms with E-state index >= 15 is 0 Å². The number of hydrogen-bond acceptors (Lipinski definition) is 7. The van der Waals surface area contributed by atoms with E-state index in [1.165, 1.54) is 6.42 Å². The molecule has 168 valence electrons. The maximum absolute atomic E-state index is 10.0. The van der Waals surface area contributed by atoms with Crippen molar-refractivity contribution in [3.63, 3.8) is 0 Å². The van der Waals surface area contributed by atoms with E-state index in [0.717, 1.165) is 30.0 Å². The smallest absolute Gasteiger partial charge is 0.138 e. The molecule has 0 radical (unpaired) electrons. The molecule has 3 aromatic rings. The van der Waals surface area contributed by atoms with Crippen molar-refractivity contribution in [2.24, 2.45) is 0 Å². The third kappa shape index (κ3) is 4.00. The summed E-state index contributed by atoms with van der Waals surface area (Å²) in [6.07, 6.45) is 11.8. The normalized spacial score (nSPS) is 20.2. The molecule has 3 aliphatic rings. The molecule has 8 heteroatoms. The molecule has 0 aliphatic carbocycles. The van der Waals surface area contributed by atoms with E-state index in [2.05, 4.69) is 26.9 Å². The number of nitriles is 1. The molecule has 33 heavy (non-hydrogen) atoms. The molecule has 0 amide bonds. The van der Waals surface area contributed by atoms with Crippen LogP contribution < -0.4 is 9.64 Å². The molecule has 3 saturated heterocycles. The molecule has 6 rings (SSSR count). The molecule has 3 aromatic heterocycles. The molecule has 3 aliphatic heterocycles. The number of terminal acetylenes is 1. The van der Waals surface area contributed by atoms with Crippen molar-refractivity contribution < 1.29 is 9.84 Å². The summed E-state index contributed by atoms with van der Waals surface area (Å²) in [5, 5.41) is 23.9. The molecular formula is C25H26N6O2. The molecule has 1 N–H and O–H groups in total. The molecule has 2 unspecified atom stereocenters. The Balaban J connectivity index is 1.43. The number of piperidine rings is 1. The Labute approximate surface area is 193 Å². The zero-order valence-corrected chi connectivity index (χ0v) is 18.8. The predicted molar refractivity (Wildman–Crippen MR) is 125 cm³/mol. The second-order valence-corrected chi connectivity index (χ2v) is 9.38. The summed E-state index contributed by atoms with van der Waals surface area (Å²) in [5.74, 6) is 4.25. The second-order valence-electron chi connectivity index (χ2n) is 9.38. The molecule has 2 atom stereocenters. The van der Waals surface area contributed by atoms with Gasteiger partial charge in [-0.15, -0.1) is 6.42 Å². The van der Waals surface area contributed by atoms with Crippen LogP contribution in [0.4, 0.5) is 5.82 Å². The summed E-state index contributed by atoms with van der Waals surface area (Å²) in [6, 6.07) is 9.11. The minimum Gasteiger partial charge on any atom is -0.489 e. The Kier molecular flexibility index (Phi) is 5.20. The molecule has 0 aromatic carbocycles. The lowest BCUT2D eigenvalue weighted by Crippen LogP contribution is -2.68. The summed E-state index contributed by atoms with van der Waals surface area (Å²) in [5.41, 5.74) is 1.88. The van der Waals surface area contributed by atoms with Gasteiger partial charge in [-0.3, -0.25) is 4.90 Å². The van der Waals surface area contributed by atoms with Crippen LogP contribution in [0.2, 0.25) is 0 Å². The zero-order chi connectivity index (χ0) is 23.2. The quantitative estimate of drug-likeness (QED) is 0.586. The standard InChI is InChI=1S/C25H26N6O2/c1-4-7-30-19-8-20(30)14-29(13-19)23-6-5-17(11-27-23)22-9-21(33-16-25(2,3)32)15-31-24(22)18(10-26)12-28-31/h1,5-6,9,11-12,15,19-20,32H,7-8,13-14,16H2,2-3H3. The van der Waals surface area contributed by atoms with E-state index < -0.39 is 5.60 Å². The van der Waals surface area contributed by atoms with Crippen LogP contribution in [0.15, 0.2) is 36.8 Å². The summed E-state index contributed by atoms with van der Waals surface area (Å²) in [4.78, 5) is 9.45. The third-order valence-electron chi connectivity index (χ3n) is 6.30. The first kappa shape index (κ1) is 21.3. The Morgan fingerprint density at radius 1 is 1.27 bits per heavy atom. The number of anilines is 1. The van der Waals surface area contributed by atoms with Crippen LogP contribution >= 0.6 is 0 Å². The minimum atomic E-state index is -0.967. The summed E-state index contributed by atoms with van der Waals surface area (Å²) in [6.45, 7) is 6.08. The lowest BCUT2D eigenvalue weighted by atomic mass is 9.87. The predicted octanol–water partition coefficient (Wildman–Crippen LogP) is 2.31. The number of hydrogen-bond donors (Lipinski definition) is 1. The zero-order valence-electron chi connectivity index (χ0n) is 18.8. The Hall–Kier alpha value is -3.59. The molecule has 0 spiro atoms. The Morgan fingerprint density at radius 3 is 2.70 bits per heavy atom. The fourth-order valence-corrected chi connectivity index (χ4v) is 4.71. The van der Waals surface area contributed by atoms with Crippen LogP contribution in [0, 0.1) is 23.7 Å². The maximum atomic E-state index is 10.0. The number of aliphatic hydroxyl groups is 1. The van der Waals surface area contributed by atoms with Gasteiger partial charge >= 0.3 is 0 Å². The first-order valence-corrected chi connectivity index (χ1v) is 11.0. The first-order valence-electron chi connectivity index (χ1n) is 11.0. The SMILES string of the molecule is C#CCN1C2CC1CN(c1ccc(-c3cc(OCC(C)(C)O)cn4ncc(C#N)c34)cn1)C2. The Morgan fingerprint density at radius 2 is 2.06 bits per heavy atom. The summed E-state index contributed by atoms with van der Waals surface area (Å²) in [7, 11) is 0. The van der Waals surface area contributed by atoms with Crippen molar-refractivity contribution in [1.82, 2.24) is 19.5 Å². The highest BCUT2D eigenvalue weighted by Crippen LogP contribution is 2.35. The monoisotopic (exact) mass is 442 g/mol. The van der Waals surface area contributed by atoms with E-state index in [4.69, 9.17) is 16.1 Å². The molecule has 6 heterocycles. The average Bonchev–Trinajstić information content (AvgIpc) is 3.23. The van der Waals surface area contributed by atoms with Crippen molar-refractivity contribution >= 4 is 11.3 Å². The highest BCUT2D eigenvalue weighted by Gasteiger charge is 2.44. The number of ether oxygens (including phenoxy) is 1. The molecule has 2 bridgehead atoms. The fourth-order valence-electron chi connectivity index (χ4n) is 4.71. The van der Waals surface area contributed by atoms with Crippen LogP contribution in [0.1, 0.15) is 25.8 Å². The number of fused-ring (bicyclic) bond motifs is 3. The van der Waals surface area contributed by atoms with Crippen molar-refractivity contribution in [2.45, 2.75) is 38.0 Å². The topological polar surface area (TPSA) is 89.9 Å². The molecule has 8 nitrogen and oxygen atoms in total.